The number of carbonyl (C=O) groups is 2. The van der Waals surface area contributed by atoms with E-state index in [1.54, 1.807) is 6.92 Å². The smallest absolute Gasteiger partial charge is 0.387 e. The molecule has 1 aromatic rings. The Morgan fingerprint density at radius 1 is 1.23 bits per heavy atom. The van der Waals surface area contributed by atoms with Crippen molar-refractivity contribution in [2.24, 2.45) is 0 Å². The van der Waals surface area contributed by atoms with Crippen LogP contribution >= 0.6 is 0 Å². The molecule has 22 heavy (non-hydrogen) atoms. The highest BCUT2D eigenvalue weighted by Crippen LogP contribution is 2.30. The summed E-state index contributed by atoms with van der Waals surface area (Å²) in [6, 6.07) is 4.22. The number of carbonyl (C=O) groups excluding carboxylic acids is 2. The van der Waals surface area contributed by atoms with Gasteiger partial charge in [0, 0.05) is 13.1 Å². The van der Waals surface area contributed by atoms with Gasteiger partial charge in [-0.1, -0.05) is 12.1 Å². The van der Waals surface area contributed by atoms with Crippen molar-refractivity contribution < 1.29 is 27.9 Å². The molecule has 2 amide bonds. The van der Waals surface area contributed by atoms with Crippen LogP contribution in [0.15, 0.2) is 24.3 Å². The van der Waals surface area contributed by atoms with Gasteiger partial charge in [0.05, 0.1) is 11.7 Å². The molecule has 8 heteroatoms. The Labute approximate surface area is 125 Å². The first kappa shape index (κ1) is 18.0. The predicted molar refractivity (Wildman–Crippen MR) is 72.7 cm³/mol. The molecule has 1 unspecified atom stereocenters. The van der Waals surface area contributed by atoms with Crippen LogP contribution in [0.25, 0.3) is 0 Å². The van der Waals surface area contributed by atoms with Crippen molar-refractivity contribution in [3.63, 3.8) is 0 Å². The fourth-order valence-corrected chi connectivity index (χ4v) is 1.72. The summed E-state index contributed by atoms with van der Waals surface area (Å²) in [5, 5.41) is 14.5. The number of alkyl halides is 3. The minimum absolute atomic E-state index is 0.0353. The van der Waals surface area contributed by atoms with Gasteiger partial charge in [0.2, 0.25) is 11.8 Å². The Bertz CT molecular complexity index is 532. The minimum Gasteiger partial charge on any atom is -0.387 e. The number of halogens is 3. The van der Waals surface area contributed by atoms with Gasteiger partial charge in [-0.3, -0.25) is 9.59 Å². The van der Waals surface area contributed by atoms with Crippen molar-refractivity contribution in [1.29, 1.82) is 0 Å². The second-order valence-corrected chi connectivity index (χ2v) is 4.57. The molecule has 1 atom stereocenters. The number of hydrogen-bond acceptors (Lipinski definition) is 3. The monoisotopic (exact) mass is 318 g/mol. The van der Waals surface area contributed by atoms with Gasteiger partial charge in [0.15, 0.2) is 0 Å². The van der Waals surface area contributed by atoms with E-state index in [2.05, 4.69) is 10.6 Å². The molecule has 0 radical (unpaired) electrons. The zero-order valence-electron chi connectivity index (χ0n) is 11.9. The number of nitrogens with one attached hydrogen (secondary N) is 2. The summed E-state index contributed by atoms with van der Waals surface area (Å²) in [7, 11) is 0. The third-order valence-electron chi connectivity index (χ3n) is 2.79. The van der Waals surface area contributed by atoms with Crippen LogP contribution in [0.4, 0.5) is 13.2 Å². The maximum atomic E-state index is 12.6. The molecule has 0 heterocycles. The molecule has 3 N–H and O–H groups in total. The van der Waals surface area contributed by atoms with Crippen molar-refractivity contribution in [2.45, 2.75) is 25.6 Å². The summed E-state index contributed by atoms with van der Waals surface area (Å²) < 4.78 is 37.7. The number of aliphatic hydroxyl groups is 1. The van der Waals surface area contributed by atoms with Crippen molar-refractivity contribution in [3.05, 3.63) is 35.4 Å². The lowest BCUT2D eigenvalue weighted by atomic mass is 10.1. The van der Waals surface area contributed by atoms with E-state index < -0.39 is 36.1 Å². The van der Waals surface area contributed by atoms with E-state index in [4.69, 9.17) is 0 Å². The fourth-order valence-electron chi connectivity index (χ4n) is 1.72. The average Bonchev–Trinajstić information content (AvgIpc) is 2.44. The van der Waals surface area contributed by atoms with Crippen LogP contribution in [0.5, 0.6) is 0 Å². The second-order valence-electron chi connectivity index (χ2n) is 4.57. The molecular formula is C14H17F3N2O3. The maximum absolute atomic E-state index is 12.6. The zero-order chi connectivity index (χ0) is 16.8. The summed E-state index contributed by atoms with van der Waals surface area (Å²) in [5.74, 6) is -1.08. The van der Waals surface area contributed by atoms with Gasteiger partial charge in [0.1, 0.15) is 6.42 Å². The molecular weight excluding hydrogens is 301 g/mol. The van der Waals surface area contributed by atoms with Crippen LogP contribution in [0.2, 0.25) is 0 Å². The standard InChI is InChI=1S/C14H17F3N2O3/c1-2-18-12(21)7-13(22)19-8-11(20)9-4-3-5-10(6-9)14(15,16)17/h3-6,11,20H,2,7-8H2,1H3,(H,18,21)(H,19,22). The molecule has 0 spiro atoms. The van der Waals surface area contributed by atoms with Gasteiger partial charge in [-0.2, -0.15) is 13.2 Å². The first-order chi connectivity index (χ1) is 10.2. The molecule has 1 rings (SSSR count). The molecule has 0 aliphatic rings. The fraction of sp³-hybridized carbons (Fsp3) is 0.429. The van der Waals surface area contributed by atoms with E-state index in [0.717, 1.165) is 12.1 Å². The first-order valence-electron chi connectivity index (χ1n) is 6.62. The lowest BCUT2D eigenvalue weighted by Gasteiger charge is -2.14. The quantitative estimate of drug-likeness (QED) is 0.694. The first-order valence-corrected chi connectivity index (χ1v) is 6.62. The molecule has 1 aromatic carbocycles. The summed E-state index contributed by atoms with van der Waals surface area (Å²) in [6.45, 7) is 1.81. The van der Waals surface area contributed by atoms with Gasteiger partial charge in [0.25, 0.3) is 0 Å². The summed E-state index contributed by atoms with van der Waals surface area (Å²) in [4.78, 5) is 22.6. The number of amides is 2. The Balaban J connectivity index is 2.57. The van der Waals surface area contributed by atoms with E-state index in [-0.39, 0.29) is 12.1 Å². The van der Waals surface area contributed by atoms with Crippen molar-refractivity contribution in [3.8, 4) is 0 Å². The van der Waals surface area contributed by atoms with Crippen molar-refractivity contribution >= 4 is 11.8 Å². The van der Waals surface area contributed by atoms with Crippen LogP contribution in [0, 0.1) is 0 Å². The number of aliphatic hydroxyl groups excluding tert-OH is 1. The highest BCUT2D eigenvalue weighted by Gasteiger charge is 2.30. The Morgan fingerprint density at radius 2 is 1.86 bits per heavy atom. The molecule has 0 saturated heterocycles. The summed E-state index contributed by atoms with van der Waals surface area (Å²) >= 11 is 0. The van der Waals surface area contributed by atoms with Crippen molar-refractivity contribution in [2.75, 3.05) is 13.1 Å². The summed E-state index contributed by atoms with van der Waals surface area (Å²) in [5.41, 5.74) is -0.842. The number of rotatable bonds is 6. The number of hydrogen-bond donors (Lipinski definition) is 3. The van der Waals surface area contributed by atoms with E-state index in [1.165, 1.54) is 12.1 Å². The Hall–Kier alpha value is -2.09. The van der Waals surface area contributed by atoms with Crippen LogP contribution in [-0.4, -0.2) is 30.0 Å². The normalized spacial score (nSPS) is 12.6. The minimum atomic E-state index is -4.50. The maximum Gasteiger partial charge on any atom is 0.416 e. The topological polar surface area (TPSA) is 78.4 Å². The lowest BCUT2D eigenvalue weighted by molar-refractivity contribution is -0.137. The third-order valence-corrected chi connectivity index (χ3v) is 2.79. The van der Waals surface area contributed by atoms with Crippen LogP contribution < -0.4 is 10.6 Å². The van der Waals surface area contributed by atoms with E-state index in [9.17, 15) is 27.9 Å². The third kappa shape index (κ3) is 5.72. The summed E-state index contributed by atoms with van der Waals surface area (Å²) in [6.07, 6.45) is -6.19. The molecule has 5 nitrogen and oxygen atoms in total. The molecule has 122 valence electrons. The highest BCUT2D eigenvalue weighted by molar-refractivity contribution is 5.96. The molecule has 0 bridgehead atoms. The lowest BCUT2D eigenvalue weighted by Crippen LogP contribution is -2.33. The van der Waals surface area contributed by atoms with Crippen LogP contribution in [0.1, 0.15) is 30.6 Å². The zero-order valence-corrected chi connectivity index (χ0v) is 11.9. The van der Waals surface area contributed by atoms with E-state index in [0.29, 0.717) is 6.54 Å². The van der Waals surface area contributed by atoms with Gasteiger partial charge in [-0.05, 0) is 24.6 Å². The largest absolute Gasteiger partial charge is 0.416 e. The SMILES string of the molecule is CCNC(=O)CC(=O)NCC(O)c1cccc(C(F)(F)F)c1. The molecule has 0 fully saturated rings. The van der Waals surface area contributed by atoms with Gasteiger partial charge in [-0.25, -0.2) is 0 Å². The van der Waals surface area contributed by atoms with Gasteiger partial charge < -0.3 is 15.7 Å². The van der Waals surface area contributed by atoms with E-state index >= 15 is 0 Å². The Kier molecular flexibility index (Phi) is 6.36. The van der Waals surface area contributed by atoms with Crippen molar-refractivity contribution in [1.82, 2.24) is 10.6 Å². The second kappa shape index (κ2) is 7.79. The molecule has 0 aromatic heterocycles. The van der Waals surface area contributed by atoms with Crippen LogP contribution in [-0.2, 0) is 15.8 Å². The Morgan fingerprint density at radius 3 is 2.45 bits per heavy atom. The molecule has 0 aliphatic heterocycles. The molecule has 0 saturated carbocycles. The predicted octanol–water partition coefficient (Wildman–Crippen LogP) is 1.38. The van der Waals surface area contributed by atoms with Gasteiger partial charge in [-0.15, -0.1) is 0 Å². The van der Waals surface area contributed by atoms with Crippen LogP contribution in [0.3, 0.4) is 0 Å². The van der Waals surface area contributed by atoms with E-state index in [1.807, 2.05) is 0 Å². The molecule has 0 aliphatic carbocycles. The van der Waals surface area contributed by atoms with Gasteiger partial charge >= 0.3 is 6.18 Å². The average molecular weight is 318 g/mol. The number of benzene rings is 1. The highest BCUT2D eigenvalue weighted by atomic mass is 19.4.